The molecule has 7 heteroatoms. The maximum atomic E-state index is 11.5. The number of rotatable bonds is 5. The van der Waals surface area contributed by atoms with Gasteiger partial charge in [-0.15, -0.1) is 0 Å². The standard InChI is InChI=1S/C13H14ClN5O/c1-19-9-15-6-12(19)7-17-18-13(20)8-16-11-4-2-3-10(14)5-11/h2-6,8-9,17H,7H2,1H3,(H,18,20). The lowest BCUT2D eigenvalue weighted by Gasteiger charge is -2.05. The van der Waals surface area contributed by atoms with Crippen LogP contribution in [-0.2, 0) is 18.4 Å². The zero-order chi connectivity index (χ0) is 14.4. The molecule has 0 unspecified atom stereocenters. The number of hydrogen-bond donors (Lipinski definition) is 2. The van der Waals surface area contributed by atoms with E-state index in [4.69, 9.17) is 11.6 Å². The Morgan fingerprint density at radius 3 is 3.10 bits per heavy atom. The SMILES string of the molecule is Cn1cncc1CNNC(=O)C=Nc1cccc(Cl)c1. The van der Waals surface area contributed by atoms with Crippen LogP contribution in [0.2, 0.25) is 5.02 Å². The van der Waals surface area contributed by atoms with Crippen molar-refractivity contribution in [2.24, 2.45) is 12.0 Å². The molecule has 0 radical (unpaired) electrons. The minimum Gasteiger partial charge on any atom is -0.337 e. The molecule has 1 aromatic carbocycles. The molecule has 0 spiro atoms. The number of nitrogens with zero attached hydrogens (tertiary/aromatic N) is 3. The van der Waals surface area contributed by atoms with Crippen LogP contribution in [-0.4, -0.2) is 21.7 Å². The monoisotopic (exact) mass is 291 g/mol. The van der Waals surface area contributed by atoms with Crippen molar-refractivity contribution in [2.75, 3.05) is 0 Å². The third-order valence-corrected chi connectivity index (χ3v) is 2.77. The van der Waals surface area contributed by atoms with Gasteiger partial charge in [-0.2, -0.15) is 0 Å². The molecule has 0 aliphatic rings. The van der Waals surface area contributed by atoms with Gasteiger partial charge in [0, 0.05) is 18.3 Å². The van der Waals surface area contributed by atoms with E-state index in [0.29, 0.717) is 17.3 Å². The molecule has 1 heterocycles. The van der Waals surface area contributed by atoms with E-state index in [2.05, 4.69) is 20.8 Å². The second-order valence-corrected chi connectivity index (χ2v) is 4.51. The van der Waals surface area contributed by atoms with Crippen LogP contribution in [0, 0.1) is 0 Å². The van der Waals surface area contributed by atoms with Crippen LogP contribution in [0.3, 0.4) is 0 Å². The molecule has 104 valence electrons. The molecule has 1 aromatic heterocycles. The summed E-state index contributed by atoms with van der Waals surface area (Å²) in [5.41, 5.74) is 6.90. The zero-order valence-corrected chi connectivity index (χ0v) is 11.6. The number of aryl methyl sites for hydroxylation is 1. The fourth-order valence-corrected chi connectivity index (χ4v) is 1.68. The third kappa shape index (κ3) is 4.18. The molecule has 0 aliphatic carbocycles. The van der Waals surface area contributed by atoms with Gasteiger partial charge in [0.2, 0.25) is 0 Å². The molecular weight excluding hydrogens is 278 g/mol. The molecular formula is C13H14ClN5O. The Balaban J connectivity index is 1.79. The molecule has 2 N–H and O–H groups in total. The lowest BCUT2D eigenvalue weighted by Crippen LogP contribution is -2.37. The number of aliphatic imine (C=N–C) groups is 1. The minimum atomic E-state index is -0.341. The van der Waals surface area contributed by atoms with Gasteiger partial charge in [0.15, 0.2) is 0 Å². The maximum absolute atomic E-state index is 11.5. The van der Waals surface area contributed by atoms with Crippen LogP contribution < -0.4 is 10.9 Å². The first kappa shape index (κ1) is 14.2. The number of nitrogens with one attached hydrogen (secondary N) is 2. The van der Waals surface area contributed by atoms with Gasteiger partial charge in [-0.05, 0) is 18.2 Å². The number of hydrogen-bond acceptors (Lipinski definition) is 4. The van der Waals surface area contributed by atoms with E-state index in [9.17, 15) is 4.79 Å². The molecule has 1 amide bonds. The highest BCUT2D eigenvalue weighted by atomic mass is 35.5. The lowest BCUT2D eigenvalue weighted by atomic mass is 10.3. The van der Waals surface area contributed by atoms with Gasteiger partial charge in [-0.25, -0.2) is 10.4 Å². The number of hydrazine groups is 1. The van der Waals surface area contributed by atoms with Gasteiger partial charge in [0.1, 0.15) is 0 Å². The van der Waals surface area contributed by atoms with Crippen LogP contribution in [0.4, 0.5) is 5.69 Å². The van der Waals surface area contributed by atoms with Crippen molar-refractivity contribution in [3.8, 4) is 0 Å². The number of aromatic nitrogens is 2. The minimum absolute atomic E-state index is 0.341. The highest BCUT2D eigenvalue weighted by Crippen LogP contribution is 2.16. The van der Waals surface area contributed by atoms with E-state index in [1.807, 2.05) is 11.6 Å². The molecule has 2 rings (SSSR count). The Morgan fingerprint density at radius 1 is 1.55 bits per heavy atom. The van der Waals surface area contributed by atoms with E-state index in [1.165, 1.54) is 6.21 Å². The first-order valence-electron chi connectivity index (χ1n) is 5.93. The van der Waals surface area contributed by atoms with Crippen molar-refractivity contribution in [2.45, 2.75) is 6.54 Å². The quantitative estimate of drug-likeness (QED) is 0.649. The summed E-state index contributed by atoms with van der Waals surface area (Å²) in [5.74, 6) is -0.341. The largest absolute Gasteiger partial charge is 0.337 e. The number of imidazole rings is 1. The van der Waals surface area contributed by atoms with Gasteiger partial charge >= 0.3 is 0 Å². The number of amides is 1. The fourth-order valence-electron chi connectivity index (χ4n) is 1.50. The highest BCUT2D eigenvalue weighted by molar-refractivity contribution is 6.31. The summed E-state index contributed by atoms with van der Waals surface area (Å²) in [7, 11) is 1.88. The predicted molar refractivity (Wildman–Crippen MR) is 77.8 cm³/mol. The number of carbonyl (C=O) groups excluding carboxylic acids is 1. The molecule has 0 saturated carbocycles. The Morgan fingerprint density at radius 2 is 2.40 bits per heavy atom. The third-order valence-electron chi connectivity index (χ3n) is 2.54. The molecule has 0 aliphatic heterocycles. The molecule has 0 saturated heterocycles. The van der Waals surface area contributed by atoms with Crippen molar-refractivity contribution in [1.29, 1.82) is 0 Å². The van der Waals surface area contributed by atoms with Gasteiger partial charge in [-0.1, -0.05) is 17.7 Å². The van der Waals surface area contributed by atoms with Crippen LogP contribution >= 0.6 is 11.6 Å². The fraction of sp³-hybridized carbons (Fsp3) is 0.154. The summed E-state index contributed by atoms with van der Waals surface area (Å²) < 4.78 is 1.86. The van der Waals surface area contributed by atoms with Gasteiger partial charge in [0.05, 0.1) is 30.5 Å². The van der Waals surface area contributed by atoms with Crippen LogP contribution in [0.5, 0.6) is 0 Å². The Hall–Kier alpha value is -2.18. The Kier molecular flexibility index (Phi) is 4.86. The summed E-state index contributed by atoms with van der Waals surface area (Å²) in [6.45, 7) is 0.479. The molecule has 6 nitrogen and oxygen atoms in total. The number of carbonyl (C=O) groups is 1. The first-order valence-corrected chi connectivity index (χ1v) is 6.30. The molecule has 2 aromatic rings. The average Bonchev–Trinajstić information content (AvgIpc) is 2.82. The second kappa shape index (κ2) is 6.83. The molecule has 0 atom stereocenters. The maximum Gasteiger partial charge on any atom is 0.276 e. The van der Waals surface area contributed by atoms with Crippen molar-refractivity contribution >= 4 is 29.4 Å². The van der Waals surface area contributed by atoms with Crippen molar-refractivity contribution < 1.29 is 4.79 Å². The van der Waals surface area contributed by atoms with E-state index < -0.39 is 0 Å². The first-order chi connectivity index (χ1) is 9.65. The van der Waals surface area contributed by atoms with Crippen molar-refractivity contribution in [1.82, 2.24) is 20.4 Å². The Bertz CT molecular complexity index is 623. The van der Waals surface area contributed by atoms with Gasteiger partial charge in [0.25, 0.3) is 5.91 Å². The topological polar surface area (TPSA) is 71.3 Å². The van der Waals surface area contributed by atoms with Crippen LogP contribution in [0.15, 0.2) is 41.8 Å². The van der Waals surface area contributed by atoms with E-state index in [1.54, 1.807) is 36.8 Å². The summed E-state index contributed by atoms with van der Waals surface area (Å²) in [4.78, 5) is 19.5. The summed E-state index contributed by atoms with van der Waals surface area (Å²) in [6.07, 6.45) is 4.61. The van der Waals surface area contributed by atoms with Crippen LogP contribution in [0.1, 0.15) is 5.69 Å². The lowest BCUT2D eigenvalue weighted by molar-refractivity contribution is -0.115. The van der Waals surface area contributed by atoms with Crippen molar-refractivity contribution in [3.63, 3.8) is 0 Å². The average molecular weight is 292 g/mol. The highest BCUT2D eigenvalue weighted by Gasteiger charge is 1.99. The smallest absolute Gasteiger partial charge is 0.276 e. The number of benzene rings is 1. The summed E-state index contributed by atoms with van der Waals surface area (Å²) in [6, 6.07) is 6.96. The zero-order valence-electron chi connectivity index (χ0n) is 10.9. The molecule has 20 heavy (non-hydrogen) atoms. The Labute approximate surface area is 121 Å². The van der Waals surface area contributed by atoms with E-state index in [0.717, 1.165) is 5.69 Å². The van der Waals surface area contributed by atoms with Crippen LogP contribution in [0.25, 0.3) is 0 Å². The summed E-state index contributed by atoms with van der Waals surface area (Å²) in [5, 5.41) is 0.578. The number of halogens is 1. The van der Waals surface area contributed by atoms with Gasteiger partial charge < -0.3 is 4.57 Å². The second-order valence-electron chi connectivity index (χ2n) is 4.08. The molecule has 0 bridgehead atoms. The van der Waals surface area contributed by atoms with E-state index >= 15 is 0 Å². The molecule has 0 fully saturated rings. The summed E-state index contributed by atoms with van der Waals surface area (Å²) >= 11 is 5.82. The normalized spacial score (nSPS) is 10.9. The van der Waals surface area contributed by atoms with Gasteiger partial charge in [-0.3, -0.25) is 15.2 Å². The van der Waals surface area contributed by atoms with E-state index in [-0.39, 0.29) is 5.91 Å². The predicted octanol–water partition coefficient (Wildman–Crippen LogP) is 1.60. The van der Waals surface area contributed by atoms with Crippen molar-refractivity contribution in [3.05, 3.63) is 47.5 Å².